The molecule has 1 amide bonds. The third-order valence-corrected chi connectivity index (χ3v) is 2.64. The maximum Gasteiger partial charge on any atom is 0.265 e. The summed E-state index contributed by atoms with van der Waals surface area (Å²) in [6.45, 7) is 3.29. The number of amides is 1. The summed E-state index contributed by atoms with van der Waals surface area (Å²) in [4.78, 5) is 13.5. The zero-order valence-electron chi connectivity index (χ0n) is 8.98. The molecule has 0 spiro atoms. The van der Waals surface area contributed by atoms with Gasteiger partial charge in [-0.15, -0.1) is 0 Å². The van der Waals surface area contributed by atoms with Gasteiger partial charge < -0.3 is 9.64 Å². The van der Waals surface area contributed by atoms with Crippen molar-refractivity contribution in [3.05, 3.63) is 29.8 Å². The van der Waals surface area contributed by atoms with E-state index in [0.29, 0.717) is 5.56 Å². The molecule has 3 N–H and O–H groups in total. The molecule has 1 aromatic carbocycles. The first-order chi connectivity index (χ1) is 7.81. The van der Waals surface area contributed by atoms with E-state index in [1.807, 2.05) is 12.1 Å². The van der Waals surface area contributed by atoms with E-state index in [9.17, 15) is 4.79 Å². The number of carbonyl (C=O) groups excluding carboxylic acids is 1. The Morgan fingerprint density at radius 3 is 2.44 bits per heavy atom. The van der Waals surface area contributed by atoms with Crippen molar-refractivity contribution in [1.29, 1.82) is 0 Å². The molecule has 5 nitrogen and oxygen atoms in total. The number of morpholine rings is 1. The average molecular weight is 221 g/mol. The van der Waals surface area contributed by atoms with Crippen molar-refractivity contribution in [2.24, 2.45) is 5.84 Å². The minimum atomic E-state index is -0.270. The molecule has 0 aliphatic carbocycles. The van der Waals surface area contributed by atoms with Crippen molar-refractivity contribution in [2.75, 3.05) is 31.2 Å². The van der Waals surface area contributed by atoms with Crippen LogP contribution in [0.2, 0.25) is 0 Å². The summed E-state index contributed by atoms with van der Waals surface area (Å²) >= 11 is 0. The van der Waals surface area contributed by atoms with Gasteiger partial charge in [0.05, 0.1) is 13.2 Å². The number of anilines is 1. The van der Waals surface area contributed by atoms with Crippen molar-refractivity contribution < 1.29 is 9.53 Å². The Hall–Kier alpha value is -1.59. The lowest BCUT2D eigenvalue weighted by molar-refractivity contribution is 0.0953. The van der Waals surface area contributed by atoms with Crippen LogP contribution in [0.5, 0.6) is 0 Å². The highest BCUT2D eigenvalue weighted by molar-refractivity contribution is 5.94. The number of ether oxygens (including phenoxy) is 1. The molecule has 0 bridgehead atoms. The molecule has 1 aliphatic rings. The Bertz CT molecular complexity index is 358. The number of hydrogen-bond acceptors (Lipinski definition) is 4. The number of nitrogen functional groups attached to an aromatic ring is 1. The van der Waals surface area contributed by atoms with Gasteiger partial charge in [0, 0.05) is 24.3 Å². The van der Waals surface area contributed by atoms with Crippen LogP contribution in [0.4, 0.5) is 5.69 Å². The SMILES string of the molecule is NNC(=O)c1ccc(N2CCOCC2)cc1. The largest absolute Gasteiger partial charge is 0.378 e. The number of carbonyl (C=O) groups is 1. The first kappa shape index (κ1) is 10.9. The van der Waals surface area contributed by atoms with Gasteiger partial charge in [0.1, 0.15) is 0 Å². The number of rotatable bonds is 2. The Balaban J connectivity index is 2.09. The summed E-state index contributed by atoms with van der Waals surface area (Å²) in [6, 6.07) is 7.39. The molecule has 86 valence electrons. The lowest BCUT2D eigenvalue weighted by atomic mass is 10.2. The van der Waals surface area contributed by atoms with E-state index in [2.05, 4.69) is 10.3 Å². The first-order valence-corrected chi connectivity index (χ1v) is 5.25. The zero-order valence-corrected chi connectivity index (χ0v) is 8.98. The van der Waals surface area contributed by atoms with Gasteiger partial charge in [0.2, 0.25) is 0 Å². The molecular weight excluding hydrogens is 206 g/mol. The molecule has 0 saturated carbocycles. The summed E-state index contributed by atoms with van der Waals surface area (Å²) in [5, 5.41) is 0. The number of nitrogens with zero attached hydrogens (tertiary/aromatic N) is 1. The second-order valence-electron chi connectivity index (χ2n) is 3.62. The molecule has 2 rings (SSSR count). The van der Waals surface area contributed by atoms with Crippen molar-refractivity contribution >= 4 is 11.6 Å². The van der Waals surface area contributed by atoms with Gasteiger partial charge in [-0.1, -0.05) is 0 Å². The molecule has 5 heteroatoms. The van der Waals surface area contributed by atoms with Crippen LogP contribution < -0.4 is 16.2 Å². The number of benzene rings is 1. The maximum atomic E-state index is 11.2. The molecule has 0 aromatic heterocycles. The number of hydrogen-bond donors (Lipinski definition) is 2. The molecule has 1 aliphatic heterocycles. The second-order valence-corrected chi connectivity index (χ2v) is 3.62. The van der Waals surface area contributed by atoms with E-state index in [1.54, 1.807) is 12.1 Å². The van der Waals surface area contributed by atoms with E-state index in [4.69, 9.17) is 10.6 Å². The minimum absolute atomic E-state index is 0.270. The van der Waals surface area contributed by atoms with Crippen molar-refractivity contribution in [3.63, 3.8) is 0 Å². The molecule has 1 heterocycles. The third-order valence-electron chi connectivity index (χ3n) is 2.64. The van der Waals surface area contributed by atoms with Gasteiger partial charge in [-0.05, 0) is 24.3 Å². The van der Waals surface area contributed by atoms with Crippen molar-refractivity contribution in [1.82, 2.24) is 5.43 Å². The van der Waals surface area contributed by atoms with E-state index >= 15 is 0 Å². The Morgan fingerprint density at radius 2 is 1.88 bits per heavy atom. The zero-order chi connectivity index (χ0) is 11.4. The highest BCUT2D eigenvalue weighted by Crippen LogP contribution is 2.16. The van der Waals surface area contributed by atoms with Crippen LogP contribution in [0, 0.1) is 0 Å². The van der Waals surface area contributed by atoms with Gasteiger partial charge in [-0.3, -0.25) is 10.2 Å². The van der Waals surface area contributed by atoms with Crippen LogP contribution in [0.1, 0.15) is 10.4 Å². The Kier molecular flexibility index (Phi) is 3.38. The molecule has 0 unspecified atom stereocenters. The summed E-state index contributed by atoms with van der Waals surface area (Å²) in [5.41, 5.74) is 3.78. The molecule has 16 heavy (non-hydrogen) atoms. The van der Waals surface area contributed by atoms with Gasteiger partial charge >= 0.3 is 0 Å². The smallest absolute Gasteiger partial charge is 0.265 e. The first-order valence-electron chi connectivity index (χ1n) is 5.25. The van der Waals surface area contributed by atoms with Crippen molar-refractivity contribution in [2.45, 2.75) is 0 Å². The van der Waals surface area contributed by atoms with E-state index in [-0.39, 0.29) is 5.91 Å². The highest BCUT2D eigenvalue weighted by atomic mass is 16.5. The van der Waals surface area contributed by atoms with E-state index < -0.39 is 0 Å². The number of nitrogens with one attached hydrogen (secondary N) is 1. The van der Waals surface area contributed by atoms with Crippen LogP contribution in [-0.4, -0.2) is 32.2 Å². The summed E-state index contributed by atoms with van der Waals surface area (Å²) in [7, 11) is 0. The predicted octanol–water partition coefficient (Wildman–Crippen LogP) is 0.127. The molecule has 1 fully saturated rings. The Morgan fingerprint density at radius 1 is 1.25 bits per heavy atom. The normalized spacial score (nSPS) is 15.9. The summed E-state index contributed by atoms with van der Waals surface area (Å²) in [5.74, 6) is 4.79. The Labute approximate surface area is 94.1 Å². The molecule has 0 atom stereocenters. The van der Waals surface area contributed by atoms with E-state index in [0.717, 1.165) is 32.0 Å². The van der Waals surface area contributed by atoms with E-state index in [1.165, 1.54) is 0 Å². The van der Waals surface area contributed by atoms with Crippen LogP contribution in [0.3, 0.4) is 0 Å². The second kappa shape index (κ2) is 4.96. The van der Waals surface area contributed by atoms with Crippen LogP contribution in [-0.2, 0) is 4.74 Å². The molecule has 0 radical (unpaired) electrons. The number of hydrazine groups is 1. The maximum absolute atomic E-state index is 11.2. The van der Waals surface area contributed by atoms with Gasteiger partial charge in [-0.25, -0.2) is 5.84 Å². The fourth-order valence-electron chi connectivity index (χ4n) is 1.73. The average Bonchev–Trinajstić information content (AvgIpc) is 2.39. The fourth-order valence-corrected chi connectivity index (χ4v) is 1.73. The molecular formula is C11H15N3O2. The third kappa shape index (κ3) is 2.32. The highest BCUT2D eigenvalue weighted by Gasteiger charge is 2.11. The van der Waals surface area contributed by atoms with Gasteiger partial charge in [-0.2, -0.15) is 0 Å². The topological polar surface area (TPSA) is 67.6 Å². The molecule has 1 saturated heterocycles. The quantitative estimate of drug-likeness (QED) is 0.423. The van der Waals surface area contributed by atoms with Crippen LogP contribution in [0.15, 0.2) is 24.3 Å². The van der Waals surface area contributed by atoms with Crippen LogP contribution >= 0.6 is 0 Å². The minimum Gasteiger partial charge on any atom is -0.378 e. The lowest BCUT2D eigenvalue weighted by Gasteiger charge is -2.28. The fraction of sp³-hybridized carbons (Fsp3) is 0.364. The van der Waals surface area contributed by atoms with Gasteiger partial charge in [0.25, 0.3) is 5.91 Å². The monoisotopic (exact) mass is 221 g/mol. The summed E-state index contributed by atoms with van der Waals surface area (Å²) < 4.78 is 5.28. The number of nitrogens with two attached hydrogens (primary N) is 1. The molecule has 1 aromatic rings. The van der Waals surface area contributed by atoms with Crippen LogP contribution in [0.25, 0.3) is 0 Å². The van der Waals surface area contributed by atoms with Gasteiger partial charge in [0.15, 0.2) is 0 Å². The predicted molar refractivity (Wildman–Crippen MR) is 61.1 cm³/mol. The lowest BCUT2D eigenvalue weighted by Crippen LogP contribution is -2.36. The standard InChI is InChI=1S/C11H15N3O2/c12-13-11(15)9-1-3-10(4-2-9)14-5-7-16-8-6-14/h1-4H,5-8,12H2,(H,13,15). The van der Waals surface area contributed by atoms with Crippen molar-refractivity contribution in [3.8, 4) is 0 Å². The summed E-state index contributed by atoms with van der Waals surface area (Å²) in [6.07, 6.45) is 0.